The number of fused-ring (bicyclic) bond motifs is 1. The molecule has 1 amide bonds. The fourth-order valence-electron chi connectivity index (χ4n) is 4.16. The Hall–Kier alpha value is -3.16. The lowest BCUT2D eigenvalue weighted by Gasteiger charge is -2.20. The van der Waals surface area contributed by atoms with Crippen molar-refractivity contribution in [2.75, 3.05) is 18.4 Å². The van der Waals surface area contributed by atoms with Crippen molar-refractivity contribution in [3.8, 4) is 10.4 Å². The van der Waals surface area contributed by atoms with E-state index in [2.05, 4.69) is 38.8 Å². The number of allylic oxidation sites excluding steroid dienone is 1. The Morgan fingerprint density at radius 3 is 2.88 bits per heavy atom. The van der Waals surface area contributed by atoms with Gasteiger partial charge in [-0.05, 0) is 74.3 Å². The number of pyridine rings is 1. The molecule has 32 heavy (non-hydrogen) atoms. The number of benzene rings is 1. The van der Waals surface area contributed by atoms with Gasteiger partial charge in [-0.15, -0.1) is 0 Å². The summed E-state index contributed by atoms with van der Waals surface area (Å²) in [7, 11) is 0. The maximum atomic E-state index is 12.6. The van der Waals surface area contributed by atoms with Crippen LogP contribution >= 0.6 is 11.3 Å². The molecule has 0 bridgehead atoms. The SMILES string of the molecule is Cc1nc(NC(=O)C2CCNCC2)sc1-c1ccc2c(c1)CN=C2/C=C/c1ccccn1. The fourth-order valence-corrected chi connectivity index (χ4v) is 5.13. The minimum atomic E-state index is 0.0682. The number of piperidine rings is 1. The number of carbonyl (C=O) groups is 1. The van der Waals surface area contributed by atoms with Gasteiger partial charge in [0.15, 0.2) is 5.13 Å². The van der Waals surface area contributed by atoms with Crippen molar-refractivity contribution in [2.24, 2.45) is 10.9 Å². The third-order valence-corrected chi connectivity index (χ3v) is 7.02. The molecule has 162 valence electrons. The highest BCUT2D eigenvalue weighted by atomic mass is 32.1. The van der Waals surface area contributed by atoms with Crippen LogP contribution in [0.15, 0.2) is 53.7 Å². The number of nitrogens with one attached hydrogen (secondary N) is 2. The van der Waals surface area contributed by atoms with E-state index < -0.39 is 0 Å². The number of aliphatic imine (C=N–C) groups is 1. The number of amides is 1. The zero-order valence-corrected chi connectivity index (χ0v) is 18.8. The van der Waals surface area contributed by atoms with E-state index in [9.17, 15) is 4.79 Å². The molecule has 1 fully saturated rings. The Kier molecular flexibility index (Phi) is 5.92. The van der Waals surface area contributed by atoms with Crippen molar-refractivity contribution in [2.45, 2.75) is 26.3 Å². The molecule has 0 unspecified atom stereocenters. The number of aromatic nitrogens is 2. The van der Waals surface area contributed by atoms with Gasteiger partial charge in [-0.3, -0.25) is 14.8 Å². The maximum Gasteiger partial charge on any atom is 0.229 e. The molecule has 1 aromatic carbocycles. The molecule has 5 rings (SSSR count). The second-order valence-corrected chi connectivity index (χ2v) is 9.11. The number of carbonyl (C=O) groups excluding carboxylic acids is 1. The Morgan fingerprint density at radius 2 is 2.06 bits per heavy atom. The van der Waals surface area contributed by atoms with E-state index in [1.165, 1.54) is 5.56 Å². The second-order valence-electron chi connectivity index (χ2n) is 8.11. The largest absolute Gasteiger partial charge is 0.317 e. The summed E-state index contributed by atoms with van der Waals surface area (Å²) in [6, 6.07) is 12.3. The maximum absolute atomic E-state index is 12.6. The molecule has 3 aromatic rings. The van der Waals surface area contributed by atoms with Gasteiger partial charge in [0.05, 0.1) is 28.5 Å². The molecule has 0 atom stereocenters. The predicted molar refractivity (Wildman–Crippen MR) is 130 cm³/mol. The van der Waals surface area contributed by atoms with Crippen LogP contribution in [0.3, 0.4) is 0 Å². The fraction of sp³-hybridized carbons (Fsp3) is 0.280. The molecule has 2 N–H and O–H groups in total. The minimum absolute atomic E-state index is 0.0682. The molecule has 0 saturated carbocycles. The van der Waals surface area contributed by atoms with Gasteiger partial charge >= 0.3 is 0 Å². The molecular weight excluding hydrogens is 418 g/mol. The third-order valence-electron chi connectivity index (χ3n) is 5.90. The molecule has 6 nitrogen and oxygen atoms in total. The number of anilines is 1. The van der Waals surface area contributed by atoms with Gasteiger partial charge in [0.2, 0.25) is 5.91 Å². The monoisotopic (exact) mass is 443 g/mol. The van der Waals surface area contributed by atoms with E-state index in [0.717, 1.165) is 59.0 Å². The van der Waals surface area contributed by atoms with E-state index in [-0.39, 0.29) is 11.8 Å². The summed E-state index contributed by atoms with van der Waals surface area (Å²) in [4.78, 5) is 27.3. The zero-order valence-electron chi connectivity index (χ0n) is 18.0. The van der Waals surface area contributed by atoms with Crippen LogP contribution in [-0.4, -0.2) is 34.7 Å². The van der Waals surface area contributed by atoms with Gasteiger partial charge in [0.25, 0.3) is 0 Å². The van der Waals surface area contributed by atoms with Crippen LogP contribution in [0.1, 0.15) is 35.4 Å². The number of hydrogen-bond donors (Lipinski definition) is 2. The Labute approximate surface area is 191 Å². The van der Waals surface area contributed by atoms with E-state index in [1.807, 2.05) is 37.3 Å². The van der Waals surface area contributed by atoms with Crippen molar-refractivity contribution in [1.29, 1.82) is 0 Å². The van der Waals surface area contributed by atoms with E-state index in [1.54, 1.807) is 17.5 Å². The van der Waals surface area contributed by atoms with Crippen LogP contribution in [0.25, 0.3) is 16.5 Å². The molecule has 7 heteroatoms. The topological polar surface area (TPSA) is 79.3 Å². The average molecular weight is 444 g/mol. The molecule has 2 aliphatic rings. The van der Waals surface area contributed by atoms with Crippen molar-refractivity contribution < 1.29 is 4.79 Å². The quantitative estimate of drug-likeness (QED) is 0.610. The molecule has 0 radical (unpaired) electrons. The number of thiazole rings is 1. The Bertz CT molecular complexity index is 1190. The van der Waals surface area contributed by atoms with Crippen molar-refractivity contribution in [3.05, 3.63) is 71.2 Å². The summed E-state index contributed by atoms with van der Waals surface area (Å²) in [6.45, 7) is 4.46. The van der Waals surface area contributed by atoms with Gasteiger partial charge in [-0.1, -0.05) is 29.5 Å². The van der Waals surface area contributed by atoms with E-state index >= 15 is 0 Å². The number of hydrogen-bond acceptors (Lipinski definition) is 6. The predicted octanol–water partition coefficient (Wildman–Crippen LogP) is 4.47. The third kappa shape index (κ3) is 4.40. The number of nitrogens with zero attached hydrogens (tertiary/aromatic N) is 3. The number of aryl methyl sites for hydroxylation is 1. The zero-order chi connectivity index (χ0) is 21.9. The van der Waals surface area contributed by atoms with Crippen LogP contribution in [-0.2, 0) is 11.3 Å². The lowest BCUT2D eigenvalue weighted by atomic mass is 9.97. The molecular formula is C25H25N5OS. The molecule has 0 aliphatic carbocycles. The first-order valence-corrected chi connectivity index (χ1v) is 11.8. The van der Waals surface area contributed by atoms with Crippen LogP contribution in [0.4, 0.5) is 5.13 Å². The van der Waals surface area contributed by atoms with Gasteiger partial charge in [0, 0.05) is 17.7 Å². The normalized spacial score (nSPS) is 16.2. The van der Waals surface area contributed by atoms with Crippen molar-refractivity contribution in [3.63, 3.8) is 0 Å². The first kappa shape index (κ1) is 20.7. The highest BCUT2D eigenvalue weighted by Crippen LogP contribution is 2.35. The standard InChI is InChI=1S/C25H25N5OS/c1-16-23(32-25(29-16)30-24(31)17-9-12-26-13-10-17)18-5-7-21-19(14-18)15-28-22(21)8-6-20-4-2-3-11-27-20/h2-8,11,14,17,26H,9-10,12-13,15H2,1H3,(H,29,30,31)/b8-6+. The summed E-state index contributed by atoms with van der Waals surface area (Å²) in [5, 5.41) is 7.01. The summed E-state index contributed by atoms with van der Waals surface area (Å²) in [5.41, 5.74) is 6.31. The first-order valence-electron chi connectivity index (χ1n) is 10.9. The molecule has 1 saturated heterocycles. The summed E-state index contributed by atoms with van der Waals surface area (Å²) in [6.07, 6.45) is 7.57. The Morgan fingerprint density at radius 1 is 1.19 bits per heavy atom. The van der Waals surface area contributed by atoms with Crippen LogP contribution in [0, 0.1) is 12.8 Å². The van der Waals surface area contributed by atoms with E-state index in [0.29, 0.717) is 11.7 Å². The Balaban J connectivity index is 1.31. The van der Waals surface area contributed by atoms with Gasteiger partial charge < -0.3 is 10.6 Å². The molecule has 2 aromatic heterocycles. The smallest absolute Gasteiger partial charge is 0.229 e. The van der Waals surface area contributed by atoms with Gasteiger partial charge in [-0.25, -0.2) is 4.98 Å². The van der Waals surface area contributed by atoms with Crippen LogP contribution in [0.2, 0.25) is 0 Å². The summed E-state index contributed by atoms with van der Waals surface area (Å²) >= 11 is 1.54. The minimum Gasteiger partial charge on any atom is -0.317 e. The van der Waals surface area contributed by atoms with Crippen molar-refractivity contribution >= 4 is 34.2 Å². The molecule has 0 spiro atoms. The van der Waals surface area contributed by atoms with Gasteiger partial charge in [0.1, 0.15) is 0 Å². The summed E-state index contributed by atoms with van der Waals surface area (Å²) in [5.74, 6) is 0.150. The van der Waals surface area contributed by atoms with E-state index in [4.69, 9.17) is 4.99 Å². The molecule has 4 heterocycles. The van der Waals surface area contributed by atoms with Crippen molar-refractivity contribution in [1.82, 2.24) is 15.3 Å². The second kappa shape index (κ2) is 9.14. The molecule has 2 aliphatic heterocycles. The summed E-state index contributed by atoms with van der Waals surface area (Å²) < 4.78 is 0. The van der Waals surface area contributed by atoms with Crippen LogP contribution in [0.5, 0.6) is 0 Å². The lowest BCUT2D eigenvalue weighted by Crippen LogP contribution is -2.34. The lowest BCUT2D eigenvalue weighted by molar-refractivity contribution is -0.120. The highest BCUT2D eigenvalue weighted by Gasteiger charge is 2.23. The number of rotatable bonds is 5. The highest BCUT2D eigenvalue weighted by molar-refractivity contribution is 7.19. The average Bonchev–Trinajstić information content (AvgIpc) is 3.41. The first-order chi connectivity index (χ1) is 15.7. The van der Waals surface area contributed by atoms with Crippen LogP contribution < -0.4 is 10.6 Å². The van der Waals surface area contributed by atoms with Gasteiger partial charge in [-0.2, -0.15) is 0 Å².